The molecule has 0 aliphatic heterocycles. The Labute approximate surface area is 170 Å². The molecule has 0 amide bonds. The number of methoxy groups -OCH3 is 1. The normalized spacial score (nSPS) is 11.8. The standard InChI is InChI=1S/C23H22NO4P/c1-28-23(27)19-14-16(15-20(24)22(25)26)12-13-21(19)29(17-8-4-2-5-9-17)18-10-6-3-7-11-18/h2-14,20H,15,24H2,1H3,(H,25,26). The molecular formula is C23H22NO4P. The van der Waals surface area contributed by atoms with Gasteiger partial charge in [-0.25, -0.2) is 4.79 Å². The number of ether oxygens (including phenoxy) is 1. The molecule has 0 saturated carbocycles. The Balaban J connectivity index is 2.14. The van der Waals surface area contributed by atoms with Gasteiger partial charge in [0.1, 0.15) is 6.04 Å². The number of carbonyl (C=O) groups excluding carboxylic acids is 1. The van der Waals surface area contributed by atoms with Gasteiger partial charge in [-0.05, 0) is 41.9 Å². The van der Waals surface area contributed by atoms with Crippen LogP contribution in [0.2, 0.25) is 0 Å². The van der Waals surface area contributed by atoms with E-state index < -0.39 is 25.9 Å². The zero-order valence-electron chi connectivity index (χ0n) is 16.0. The van der Waals surface area contributed by atoms with Crippen LogP contribution in [0.5, 0.6) is 0 Å². The SMILES string of the molecule is COC(=O)c1cc(CC(N)C(=O)O)ccc1P(c1ccccc1)c1ccccc1. The van der Waals surface area contributed by atoms with E-state index in [4.69, 9.17) is 15.6 Å². The number of esters is 1. The fourth-order valence-corrected chi connectivity index (χ4v) is 5.52. The minimum absolute atomic E-state index is 0.133. The van der Waals surface area contributed by atoms with Crippen molar-refractivity contribution in [2.45, 2.75) is 12.5 Å². The van der Waals surface area contributed by atoms with Gasteiger partial charge in [-0.15, -0.1) is 0 Å². The average molecular weight is 407 g/mol. The largest absolute Gasteiger partial charge is 0.480 e. The van der Waals surface area contributed by atoms with Crippen LogP contribution < -0.4 is 21.6 Å². The highest BCUT2D eigenvalue weighted by Crippen LogP contribution is 2.34. The van der Waals surface area contributed by atoms with E-state index in [0.717, 1.165) is 15.9 Å². The molecule has 3 N–H and O–H groups in total. The van der Waals surface area contributed by atoms with Crippen molar-refractivity contribution < 1.29 is 19.4 Å². The van der Waals surface area contributed by atoms with Gasteiger partial charge < -0.3 is 15.6 Å². The molecule has 0 aliphatic carbocycles. The average Bonchev–Trinajstić information content (AvgIpc) is 2.75. The molecule has 1 atom stereocenters. The molecule has 0 fully saturated rings. The van der Waals surface area contributed by atoms with Crippen LogP contribution in [0.15, 0.2) is 78.9 Å². The van der Waals surface area contributed by atoms with Crippen molar-refractivity contribution in [2.75, 3.05) is 7.11 Å². The first kappa shape index (κ1) is 20.7. The fraction of sp³-hybridized carbons (Fsp3) is 0.130. The summed E-state index contributed by atoms with van der Waals surface area (Å²) in [4.78, 5) is 23.7. The lowest BCUT2D eigenvalue weighted by atomic mass is 10.0. The molecule has 148 valence electrons. The lowest BCUT2D eigenvalue weighted by molar-refractivity contribution is -0.138. The first-order valence-electron chi connectivity index (χ1n) is 9.11. The van der Waals surface area contributed by atoms with Crippen LogP contribution in [-0.4, -0.2) is 30.2 Å². The summed E-state index contributed by atoms with van der Waals surface area (Å²) in [5, 5.41) is 12.2. The topological polar surface area (TPSA) is 89.6 Å². The van der Waals surface area contributed by atoms with E-state index in [1.807, 2.05) is 72.8 Å². The number of rotatable bonds is 7. The van der Waals surface area contributed by atoms with E-state index in [0.29, 0.717) is 11.1 Å². The molecule has 5 nitrogen and oxygen atoms in total. The minimum atomic E-state index is -1.08. The summed E-state index contributed by atoms with van der Waals surface area (Å²) < 4.78 is 5.03. The molecule has 6 heteroatoms. The highest BCUT2D eigenvalue weighted by molar-refractivity contribution is 7.80. The Morgan fingerprint density at radius 1 is 0.966 bits per heavy atom. The molecule has 0 bridgehead atoms. The monoisotopic (exact) mass is 407 g/mol. The van der Waals surface area contributed by atoms with E-state index in [-0.39, 0.29) is 6.42 Å². The lowest BCUT2D eigenvalue weighted by Gasteiger charge is -2.22. The highest BCUT2D eigenvalue weighted by Gasteiger charge is 2.24. The predicted molar refractivity (Wildman–Crippen MR) is 116 cm³/mol. The van der Waals surface area contributed by atoms with Gasteiger partial charge in [0.25, 0.3) is 0 Å². The van der Waals surface area contributed by atoms with Gasteiger partial charge in [-0.2, -0.15) is 0 Å². The third-order valence-corrected chi connectivity index (χ3v) is 7.01. The minimum Gasteiger partial charge on any atom is -0.480 e. The number of carboxylic acid groups (broad SMARTS) is 1. The maximum atomic E-state index is 12.6. The van der Waals surface area contributed by atoms with Gasteiger partial charge >= 0.3 is 11.9 Å². The van der Waals surface area contributed by atoms with Gasteiger partial charge in [0, 0.05) is 0 Å². The van der Waals surface area contributed by atoms with Crippen molar-refractivity contribution in [3.05, 3.63) is 90.0 Å². The Morgan fingerprint density at radius 3 is 2.00 bits per heavy atom. The molecule has 0 saturated heterocycles. The molecule has 3 aromatic carbocycles. The van der Waals surface area contributed by atoms with Crippen LogP contribution in [-0.2, 0) is 16.0 Å². The van der Waals surface area contributed by atoms with Crippen LogP contribution in [0.1, 0.15) is 15.9 Å². The van der Waals surface area contributed by atoms with Gasteiger partial charge in [0.15, 0.2) is 0 Å². The second-order valence-electron chi connectivity index (χ2n) is 6.50. The summed E-state index contributed by atoms with van der Waals surface area (Å²) in [5.41, 5.74) is 6.79. The second-order valence-corrected chi connectivity index (χ2v) is 8.68. The number of carboxylic acids is 1. The van der Waals surface area contributed by atoms with E-state index in [1.54, 1.807) is 6.07 Å². The molecule has 1 unspecified atom stereocenters. The maximum absolute atomic E-state index is 12.6. The van der Waals surface area contributed by atoms with Crippen LogP contribution in [0.25, 0.3) is 0 Å². The Kier molecular flexibility index (Phi) is 6.76. The van der Waals surface area contributed by atoms with Crippen molar-refractivity contribution in [1.29, 1.82) is 0 Å². The van der Waals surface area contributed by atoms with Crippen molar-refractivity contribution >= 4 is 35.8 Å². The molecule has 29 heavy (non-hydrogen) atoms. The van der Waals surface area contributed by atoms with Crippen LogP contribution in [0.4, 0.5) is 0 Å². The van der Waals surface area contributed by atoms with E-state index >= 15 is 0 Å². The molecule has 0 aromatic heterocycles. The van der Waals surface area contributed by atoms with Crippen LogP contribution >= 0.6 is 7.92 Å². The van der Waals surface area contributed by atoms with Crippen LogP contribution in [0, 0.1) is 0 Å². The molecule has 0 radical (unpaired) electrons. The summed E-state index contributed by atoms with van der Waals surface area (Å²) in [6, 6.07) is 24.4. The Morgan fingerprint density at radius 2 is 1.52 bits per heavy atom. The van der Waals surface area contributed by atoms with Gasteiger partial charge in [0.2, 0.25) is 0 Å². The molecule has 0 heterocycles. The molecule has 0 aliphatic rings. The summed E-state index contributed by atoms with van der Waals surface area (Å²) in [6.07, 6.45) is 0.133. The zero-order chi connectivity index (χ0) is 20.8. The summed E-state index contributed by atoms with van der Waals surface area (Å²) in [7, 11) is 0.344. The number of hydrogen-bond donors (Lipinski definition) is 2. The first-order valence-corrected chi connectivity index (χ1v) is 10.4. The Bertz CT molecular complexity index is 953. The first-order chi connectivity index (χ1) is 14.0. The van der Waals surface area contributed by atoms with Gasteiger partial charge in [-0.1, -0.05) is 72.8 Å². The second kappa shape index (κ2) is 9.46. The van der Waals surface area contributed by atoms with Crippen molar-refractivity contribution in [3.63, 3.8) is 0 Å². The van der Waals surface area contributed by atoms with E-state index in [9.17, 15) is 9.59 Å². The summed E-state index contributed by atoms with van der Waals surface area (Å²) in [6.45, 7) is 0. The highest BCUT2D eigenvalue weighted by atomic mass is 31.1. The number of aliphatic carboxylic acids is 1. The van der Waals surface area contributed by atoms with Gasteiger partial charge in [0.05, 0.1) is 12.7 Å². The number of hydrogen-bond acceptors (Lipinski definition) is 4. The summed E-state index contributed by atoms with van der Waals surface area (Å²) in [5.74, 6) is -1.53. The van der Waals surface area contributed by atoms with Crippen LogP contribution in [0.3, 0.4) is 0 Å². The molecule has 3 aromatic rings. The Hall–Kier alpha value is -3.01. The van der Waals surface area contributed by atoms with Crippen molar-refractivity contribution in [3.8, 4) is 0 Å². The van der Waals surface area contributed by atoms with E-state index in [2.05, 4.69) is 0 Å². The number of nitrogens with two attached hydrogens (primary N) is 1. The fourth-order valence-electron chi connectivity index (χ4n) is 3.10. The molecule has 0 spiro atoms. The van der Waals surface area contributed by atoms with Gasteiger partial charge in [-0.3, -0.25) is 4.79 Å². The smallest absolute Gasteiger partial charge is 0.338 e. The van der Waals surface area contributed by atoms with Crippen molar-refractivity contribution in [1.82, 2.24) is 0 Å². The lowest BCUT2D eigenvalue weighted by Crippen LogP contribution is -2.32. The third kappa shape index (κ3) is 4.89. The zero-order valence-corrected chi connectivity index (χ0v) is 16.9. The molecule has 3 rings (SSSR count). The van der Waals surface area contributed by atoms with Crippen molar-refractivity contribution in [2.24, 2.45) is 5.73 Å². The summed E-state index contributed by atoms with van der Waals surface area (Å²) >= 11 is 0. The quantitative estimate of drug-likeness (QED) is 0.463. The predicted octanol–water partition coefficient (Wildman–Crippen LogP) is 2.19. The maximum Gasteiger partial charge on any atom is 0.338 e. The van der Waals surface area contributed by atoms with E-state index in [1.165, 1.54) is 7.11 Å². The number of carbonyl (C=O) groups is 2. The number of benzene rings is 3. The molecular weight excluding hydrogens is 385 g/mol. The third-order valence-electron chi connectivity index (χ3n) is 4.51.